The lowest BCUT2D eigenvalue weighted by Crippen LogP contribution is -2.41. The summed E-state index contributed by atoms with van der Waals surface area (Å²) in [6, 6.07) is 14.6. The fraction of sp³-hybridized carbons (Fsp3) is 0.423. The zero-order valence-electron chi connectivity index (χ0n) is 19.3. The molecule has 0 atom stereocenters. The second-order valence-corrected chi connectivity index (χ2v) is 8.33. The van der Waals surface area contributed by atoms with Crippen LogP contribution in [0.2, 0.25) is 0 Å². The molecule has 1 fully saturated rings. The lowest BCUT2D eigenvalue weighted by atomic mass is 9.96. The van der Waals surface area contributed by atoms with Gasteiger partial charge in [0.15, 0.2) is 0 Å². The number of benzene rings is 2. The lowest BCUT2D eigenvalue weighted by Gasteiger charge is -2.32. The zero-order valence-corrected chi connectivity index (χ0v) is 19.3. The highest BCUT2D eigenvalue weighted by atomic mass is 16.7. The van der Waals surface area contributed by atoms with Gasteiger partial charge in [-0.3, -0.25) is 9.59 Å². The molecule has 2 aromatic carbocycles. The second-order valence-electron chi connectivity index (χ2n) is 8.33. The molecule has 1 heterocycles. The average molecular weight is 453 g/mol. The van der Waals surface area contributed by atoms with Crippen LogP contribution in [0.5, 0.6) is 5.75 Å². The van der Waals surface area contributed by atoms with E-state index in [1.807, 2.05) is 11.0 Å². The highest BCUT2D eigenvalue weighted by molar-refractivity contribution is 5.94. The lowest BCUT2D eigenvalue weighted by molar-refractivity contribution is -0.132. The number of ether oxygens (including phenoxy) is 2. The van der Waals surface area contributed by atoms with Crippen molar-refractivity contribution in [3.63, 3.8) is 0 Å². The summed E-state index contributed by atoms with van der Waals surface area (Å²) in [6.07, 6.45) is 2.28. The predicted molar refractivity (Wildman–Crippen MR) is 125 cm³/mol. The van der Waals surface area contributed by atoms with Crippen molar-refractivity contribution < 1.29 is 23.9 Å². The zero-order chi connectivity index (χ0) is 23.6. The Morgan fingerprint density at radius 3 is 2.45 bits per heavy atom. The average Bonchev–Trinajstić information content (AvgIpc) is 2.82. The van der Waals surface area contributed by atoms with Crippen LogP contribution in [0.1, 0.15) is 47.7 Å². The Kier molecular flexibility index (Phi) is 8.87. The molecule has 1 saturated heterocycles. The molecule has 0 radical (unpaired) electrons. The van der Waals surface area contributed by atoms with E-state index in [0.29, 0.717) is 30.2 Å². The van der Waals surface area contributed by atoms with Gasteiger partial charge in [-0.25, -0.2) is 4.79 Å². The minimum atomic E-state index is -0.769. The van der Waals surface area contributed by atoms with Crippen LogP contribution in [0.3, 0.4) is 0 Å². The number of amides is 2. The van der Waals surface area contributed by atoms with Crippen LogP contribution in [0.4, 0.5) is 4.79 Å². The Balaban J connectivity index is 1.37. The summed E-state index contributed by atoms with van der Waals surface area (Å²) in [6.45, 7) is 6.03. The maximum absolute atomic E-state index is 12.6. The summed E-state index contributed by atoms with van der Waals surface area (Å²) in [7, 11) is 0. The molecule has 0 unspecified atom stereocenters. The third kappa shape index (κ3) is 7.63. The van der Waals surface area contributed by atoms with E-state index in [0.717, 1.165) is 32.4 Å². The highest BCUT2D eigenvalue weighted by Gasteiger charge is 2.23. The van der Waals surface area contributed by atoms with Gasteiger partial charge < -0.3 is 19.7 Å². The van der Waals surface area contributed by atoms with Crippen molar-refractivity contribution in [1.82, 2.24) is 10.2 Å². The first kappa shape index (κ1) is 24.3. The summed E-state index contributed by atoms with van der Waals surface area (Å²) in [4.78, 5) is 38.3. The Bertz CT molecular complexity index is 949. The molecular formula is C26H32N2O5. The molecule has 0 spiro atoms. The van der Waals surface area contributed by atoms with Crippen LogP contribution < -0.4 is 10.1 Å². The van der Waals surface area contributed by atoms with Crippen molar-refractivity contribution in [3.05, 3.63) is 65.2 Å². The number of rotatable bonds is 8. The maximum atomic E-state index is 12.6. The Morgan fingerprint density at radius 1 is 1.06 bits per heavy atom. The number of nitrogens with zero attached hydrogens (tertiary/aromatic N) is 1. The molecule has 2 aromatic rings. The van der Waals surface area contributed by atoms with E-state index in [1.54, 1.807) is 31.2 Å². The molecule has 1 aliphatic heterocycles. The molecule has 176 valence electrons. The van der Waals surface area contributed by atoms with Gasteiger partial charge >= 0.3 is 6.16 Å². The fourth-order valence-corrected chi connectivity index (χ4v) is 3.92. The van der Waals surface area contributed by atoms with Crippen molar-refractivity contribution in [2.75, 3.05) is 26.2 Å². The molecule has 2 amide bonds. The number of carbonyl (C=O) groups excluding carboxylic acids is 3. The minimum absolute atomic E-state index is 0.172. The molecule has 1 N–H and O–H groups in total. The molecule has 0 aromatic heterocycles. The van der Waals surface area contributed by atoms with Crippen LogP contribution in [-0.4, -0.2) is 49.1 Å². The number of hydrogen-bond acceptors (Lipinski definition) is 5. The van der Waals surface area contributed by atoms with Crippen molar-refractivity contribution in [2.24, 2.45) is 5.92 Å². The first-order valence-corrected chi connectivity index (χ1v) is 11.5. The Morgan fingerprint density at radius 2 is 1.79 bits per heavy atom. The molecule has 33 heavy (non-hydrogen) atoms. The highest BCUT2D eigenvalue weighted by Crippen LogP contribution is 2.19. The fourth-order valence-electron chi connectivity index (χ4n) is 3.92. The Hall–Kier alpha value is -3.35. The third-order valence-electron chi connectivity index (χ3n) is 5.81. The number of hydrogen-bond donors (Lipinski definition) is 1. The third-order valence-corrected chi connectivity index (χ3v) is 5.81. The van der Waals surface area contributed by atoms with E-state index in [-0.39, 0.29) is 18.4 Å². The van der Waals surface area contributed by atoms with Crippen LogP contribution >= 0.6 is 0 Å². The summed E-state index contributed by atoms with van der Waals surface area (Å²) in [5, 5.41) is 2.97. The van der Waals surface area contributed by atoms with Crippen molar-refractivity contribution >= 4 is 18.0 Å². The monoisotopic (exact) mass is 452 g/mol. The van der Waals surface area contributed by atoms with E-state index in [1.165, 1.54) is 11.1 Å². The van der Waals surface area contributed by atoms with E-state index < -0.39 is 6.16 Å². The molecular weight excluding hydrogens is 420 g/mol. The van der Waals surface area contributed by atoms with Gasteiger partial charge in [0.2, 0.25) is 5.91 Å². The van der Waals surface area contributed by atoms with E-state index in [4.69, 9.17) is 9.47 Å². The SMILES string of the molecule is CCOC(=O)Oc1ccc(C(=O)NCC2CCN(C(=O)CCc3cccc(C)c3)CC2)cc1. The summed E-state index contributed by atoms with van der Waals surface area (Å²) >= 11 is 0. The number of nitrogens with one attached hydrogen (secondary N) is 1. The number of likely N-dealkylation sites (tertiary alicyclic amines) is 1. The van der Waals surface area contributed by atoms with Gasteiger partial charge in [0.1, 0.15) is 5.75 Å². The van der Waals surface area contributed by atoms with Crippen LogP contribution in [0.25, 0.3) is 0 Å². The first-order valence-electron chi connectivity index (χ1n) is 11.5. The van der Waals surface area contributed by atoms with Crippen molar-refractivity contribution in [2.45, 2.75) is 39.5 Å². The first-order chi connectivity index (χ1) is 15.9. The maximum Gasteiger partial charge on any atom is 0.513 e. The Labute approximate surface area is 195 Å². The van der Waals surface area contributed by atoms with Crippen molar-refractivity contribution in [3.8, 4) is 5.75 Å². The van der Waals surface area contributed by atoms with E-state index in [9.17, 15) is 14.4 Å². The minimum Gasteiger partial charge on any atom is -0.434 e. The molecule has 3 rings (SSSR count). The van der Waals surface area contributed by atoms with Crippen molar-refractivity contribution in [1.29, 1.82) is 0 Å². The molecule has 7 nitrogen and oxygen atoms in total. The van der Waals surface area contributed by atoms with Gasteiger partial charge in [-0.1, -0.05) is 29.8 Å². The van der Waals surface area contributed by atoms with E-state index in [2.05, 4.69) is 30.4 Å². The summed E-state index contributed by atoms with van der Waals surface area (Å²) in [5.74, 6) is 0.698. The van der Waals surface area contributed by atoms with Crippen LogP contribution in [-0.2, 0) is 16.0 Å². The summed E-state index contributed by atoms with van der Waals surface area (Å²) in [5.41, 5.74) is 2.90. The molecule has 0 saturated carbocycles. The quantitative estimate of drug-likeness (QED) is 0.481. The molecule has 0 bridgehead atoms. The molecule has 1 aliphatic rings. The normalized spacial score (nSPS) is 13.9. The second kappa shape index (κ2) is 12.0. The number of carbonyl (C=O) groups is 3. The molecule has 7 heteroatoms. The van der Waals surface area contributed by atoms with Gasteiger partial charge in [-0.2, -0.15) is 0 Å². The van der Waals surface area contributed by atoms with Gasteiger partial charge in [0, 0.05) is 31.6 Å². The van der Waals surface area contributed by atoms with Gasteiger partial charge in [-0.05, 0) is 68.9 Å². The largest absolute Gasteiger partial charge is 0.513 e. The smallest absolute Gasteiger partial charge is 0.434 e. The predicted octanol–water partition coefficient (Wildman–Crippen LogP) is 4.13. The number of aryl methyl sites for hydroxylation is 2. The van der Waals surface area contributed by atoms with Gasteiger partial charge in [-0.15, -0.1) is 0 Å². The standard InChI is InChI=1S/C26H32N2O5/c1-3-32-26(31)33-23-10-8-22(9-11-23)25(30)27-18-21-13-15-28(16-14-21)24(29)12-7-20-6-4-5-19(2)17-20/h4-6,8-11,17,21H,3,7,12-16,18H2,1-2H3,(H,27,30). The molecule has 0 aliphatic carbocycles. The van der Waals surface area contributed by atoms with Crippen LogP contribution in [0, 0.1) is 12.8 Å². The van der Waals surface area contributed by atoms with Gasteiger partial charge in [0.05, 0.1) is 6.61 Å². The summed E-state index contributed by atoms with van der Waals surface area (Å²) < 4.78 is 9.72. The topological polar surface area (TPSA) is 84.9 Å². The van der Waals surface area contributed by atoms with Crippen LogP contribution in [0.15, 0.2) is 48.5 Å². The number of piperidine rings is 1. The van der Waals surface area contributed by atoms with Gasteiger partial charge in [0.25, 0.3) is 5.91 Å². The van der Waals surface area contributed by atoms with E-state index >= 15 is 0 Å².